The molecule has 1 fully saturated rings. The summed E-state index contributed by atoms with van der Waals surface area (Å²) in [5, 5.41) is 15.9. The molecule has 1 unspecified atom stereocenters. The molecule has 6 nitrogen and oxygen atoms in total. The SMILES string of the molecule is O=C(NCC1CCCNC1)c1cn[nH]n1. The Morgan fingerprint density at radius 3 is 3.27 bits per heavy atom. The smallest absolute Gasteiger partial charge is 0.273 e. The van der Waals surface area contributed by atoms with Gasteiger partial charge in [0.15, 0.2) is 5.69 Å². The maximum atomic E-state index is 11.5. The topological polar surface area (TPSA) is 82.7 Å². The zero-order valence-electron chi connectivity index (χ0n) is 8.49. The fourth-order valence-corrected chi connectivity index (χ4v) is 1.74. The van der Waals surface area contributed by atoms with Crippen LogP contribution in [0.25, 0.3) is 0 Å². The summed E-state index contributed by atoms with van der Waals surface area (Å²) in [5.74, 6) is 0.379. The molecule has 0 saturated carbocycles. The maximum Gasteiger partial charge on any atom is 0.273 e. The molecule has 2 rings (SSSR count). The highest BCUT2D eigenvalue weighted by atomic mass is 16.1. The third kappa shape index (κ3) is 2.76. The molecule has 82 valence electrons. The zero-order valence-corrected chi connectivity index (χ0v) is 8.49. The number of rotatable bonds is 3. The minimum absolute atomic E-state index is 0.158. The van der Waals surface area contributed by atoms with Crippen LogP contribution in [0.15, 0.2) is 6.20 Å². The summed E-state index contributed by atoms with van der Waals surface area (Å²) in [6.07, 6.45) is 3.78. The van der Waals surface area contributed by atoms with E-state index in [9.17, 15) is 4.79 Å². The van der Waals surface area contributed by atoms with Gasteiger partial charge in [-0.2, -0.15) is 15.4 Å². The highest BCUT2D eigenvalue weighted by molar-refractivity contribution is 5.91. The van der Waals surface area contributed by atoms with Gasteiger partial charge in [0.1, 0.15) is 0 Å². The Bertz CT molecular complexity index is 304. The fourth-order valence-electron chi connectivity index (χ4n) is 1.74. The lowest BCUT2D eigenvalue weighted by molar-refractivity contribution is 0.0940. The number of carbonyl (C=O) groups is 1. The Labute approximate surface area is 87.8 Å². The van der Waals surface area contributed by atoms with Crippen LogP contribution < -0.4 is 10.6 Å². The molecule has 1 saturated heterocycles. The number of piperidine rings is 1. The van der Waals surface area contributed by atoms with Gasteiger partial charge < -0.3 is 10.6 Å². The molecule has 3 N–H and O–H groups in total. The lowest BCUT2D eigenvalue weighted by atomic mass is 10.00. The molecular formula is C9H15N5O. The molecule has 0 radical (unpaired) electrons. The van der Waals surface area contributed by atoms with E-state index in [1.807, 2.05) is 0 Å². The largest absolute Gasteiger partial charge is 0.350 e. The Kier molecular flexibility index (Phi) is 3.29. The summed E-state index contributed by atoms with van der Waals surface area (Å²) in [7, 11) is 0. The molecule has 1 aromatic heterocycles. The van der Waals surface area contributed by atoms with Crippen molar-refractivity contribution in [1.29, 1.82) is 0 Å². The number of nitrogens with one attached hydrogen (secondary N) is 3. The van der Waals surface area contributed by atoms with Crippen molar-refractivity contribution in [3.63, 3.8) is 0 Å². The van der Waals surface area contributed by atoms with E-state index in [0.29, 0.717) is 18.2 Å². The van der Waals surface area contributed by atoms with E-state index in [4.69, 9.17) is 0 Å². The van der Waals surface area contributed by atoms with Crippen LogP contribution in [-0.2, 0) is 0 Å². The first-order valence-corrected chi connectivity index (χ1v) is 5.21. The van der Waals surface area contributed by atoms with Crippen molar-refractivity contribution in [2.45, 2.75) is 12.8 Å². The summed E-state index contributed by atoms with van der Waals surface area (Å²) < 4.78 is 0. The summed E-state index contributed by atoms with van der Waals surface area (Å²) in [4.78, 5) is 11.5. The Balaban J connectivity index is 1.75. The molecular weight excluding hydrogens is 194 g/mol. The monoisotopic (exact) mass is 209 g/mol. The first-order valence-electron chi connectivity index (χ1n) is 5.21. The number of aromatic amines is 1. The van der Waals surface area contributed by atoms with Crippen molar-refractivity contribution < 1.29 is 4.79 Å². The van der Waals surface area contributed by atoms with Crippen molar-refractivity contribution in [2.75, 3.05) is 19.6 Å². The summed E-state index contributed by atoms with van der Waals surface area (Å²) in [6, 6.07) is 0. The van der Waals surface area contributed by atoms with E-state index >= 15 is 0 Å². The van der Waals surface area contributed by atoms with E-state index < -0.39 is 0 Å². The average molecular weight is 209 g/mol. The standard InChI is InChI=1S/C9H15N5O/c15-9(8-6-12-14-13-8)11-5-7-2-1-3-10-4-7/h6-7,10H,1-5H2,(H,11,15)(H,12,13,14). The molecule has 6 heteroatoms. The van der Waals surface area contributed by atoms with Crippen molar-refractivity contribution in [2.24, 2.45) is 5.92 Å². The maximum absolute atomic E-state index is 11.5. The first kappa shape index (κ1) is 10.1. The molecule has 15 heavy (non-hydrogen) atoms. The van der Waals surface area contributed by atoms with Crippen molar-refractivity contribution in [3.8, 4) is 0 Å². The van der Waals surface area contributed by atoms with Gasteiger partial charge in [-0.15, -0.1) is 0 Å². The number of aromatic nitrogens is 3. The molecule has 0 spiro atoms. The third-order valence-corrected chi connectivity index (χ3v) is 2.60. The van der Waals surface area contributed by atoms with Crippen LogP contribution in [-0.4, -0.2) is 41.0 Å². The van der Waals surface area contributed by atoms with E-state index in [0.717, 1.165) is 13.1 Å². The van der Waals surface area contributed by atoms with Crippen LogP contribution in [0.1, 0.15) is 23.3 Å². The second kappa shape index (κ2) is 4.88. The Hall–Kier alpha value is -1.43. The number of carbonyl (C=O) groups excluding carboxylic acids is 1. The zero-order chi connectivity index (χ0) is 10.5. The van der Waals surface area contributed by atoms with Gasteiger partial charge in [0.2, 0.25) is 0 Å². The van der Waals surface area contributed by atoms with Crippen LogP contribution in [0.3, 0.4) is 0 Å². The fraction of sp³-hybridized carbons (Fsp3) is 0.667. The van der Waals surface area contributed by atoms with Crippen LogP contribution in [0.2, 0.25) is 0 Å². The quantitative estimate of drug-likeness (QED) is 0.628. The Morgan fingerprint density at radius 1 is 1.67 bits per heavy atom. The van der Waals surface area contributed by atoms with Crippen LogP contribution >= 0.6 is 0 Å². The third-order valence-electron chi connectivity index (χ3n) is 2.60. The lowest BCUT2D eigenvalue weighted by Gasteiger charge is -2.22. The number of nitrogens with zero attached hydrogens (tertiary/aromatic N) is 2. The molecule has 0 bridgehead atoms. The van der Waals surface area contributed by atoms with E-state index in [1.54, 1.807) is 0 Å². The molecule has 1 aliphatic rings. The van der Waals surface area contributed by atoms with Gasteiger partial charge >= 0.3 is 0 Å². The molecule has 1 atom stereocenters. The molecule has 0 aromatic carbocycles. The van der Waals surface area contributed by atoms with Gasteiger partial charge in [0.25, 0.3) is 5.91 Å². The van der Waals surface area contributed by atoms with Gasteiger partial charge in [-0.3, -0.25) is 4.79 Å². The molecule has 1 amide bonds. The number of H-pyrrole nitrogens is 1. The second-order valence-corrected chi connectivity index (χ2v) is 3.78. The van der Waals surface area contributed by atoms with Crippen molar-refractivity contribution in [3.05, 3.63) is 11.9 Å². The van der Waals surface area contributed by atoms with Crippen LogP contribution in [0.5, 0.6) is 0 Å². The lowest BCUT2D eigenvalue weighted by Crippen LogP contribution is -2.38. The summed E-state index contributed by atoms with van der Waals surface area (Å²) in [6.45, 7) is 2.78. The predicted molar refractivity (Wildman–Crippen MR) is 54.3 cm³/mol. The molecule has 1 aromatic rings. The summed E-state index contributed by atoms with van der Waals surface area (Å²) >= 11 is 0. The Morgan fingerprint density at radius 2 is 2.60 bits per heavy atom. The normalized spacial score (nSPS) is 21.2. The second-order valence-electron chi connectivity index (χ2n) is 3.78. The minimum atomic E-state index is -0.158. The molecule has 0 aliphatic carbocycles. The van der Waals surface area contributed by atoms with Gasteiger partial charge in [0, 0.05) is 6.54 Å². The average Bonchev–Trinajstić information content (AvgIpc) is 2.81. The van der Waals surface area contributed by atoms with Gasteiger partial charge in [0.05, 0.1) is 6.20 Å². The molecule has 1 aliphatic heterocycles. The number of hydrogen-bond acceptors (Lipinski definition) is 4. The van der Waals surface area contributed by atoms with Crippen LogP contribution in [0.4, 0.5) is 0 Å². The molecule has 2 heterocycles. The first-order chi connectivity index (χ1) is 7.36. The van der Waals surface area contributed by atoms with Gasteiger partial charge in [-0.1, -0.05) is 0 Å². The van der Waals surface area contributed by atoms with E-state index in [-0.39, 0.29) is 5.91 Å². The number of hydrogen-bond donors (Lipinski definition) is 3. The van der Waals surface area contributed by atoms with Gasteiger partial charge in [-0.25, -0.2) is 0 Å². The van der Waals surface area contributed by atoms with Crippen molar-refractivity contribution >= 4 is 5.91 Å². The van der Waals surface area contributed by atoms with E-state index in [2.05, 4.69) is 26.0 Å². The van der Waals surface area contributed by atoms with Crippen molar-refractivity contribution in [1.82, 2.24) is 26.0 Å². The summed E-state index contributed by atoms with van der Waals surface area (Å²) in [5.41, 5.74) is 0.346. The highest BCUT2D eigenvalue weighted by Crippen LogP contribution is 2.08. The predicted octanol–water partition coefficient (Wildman–Crippen LogP) is -0.466. The highest BCUT2D eigenvalue weighted by Gasteiger charge is 2.15. The van der Waals surface area contributed by atoms with Crippen LogP contribution in [0, 0.1) is 5.92 Å². The minimum Gasteiger partial charge on any atom is -0.350 e. The number of amides is 1. The van der Waals surface area contributed by atoms with E-state index in [1.165, 1.54) is 19.0 Å². The van der Waals surface area contributed by atoms with Gasteiger partial charge in [-0.05, 0) is 31.8 Å².